The summed E-state index contributed by atoms with van der Waals surface area (Å²) in [5, 5.41) is 13.9. The lowest BCUT2D eigenvalue weighted by Crippen LogP contribution is -2.13. The summed E-state index contributed by atoms with van der Waals surface area (Å²) in [6, 6.07) is 17.6. The van der Waals surface area contributed by atoms with Gasteiger partial charge in [-0.15, -0.1) is 0 Å². The number of para-hydroxylation sites is 2. The Balaban J connectivity index is 0.000000444. The number of benzene rings is 2. The van der Waals surface area contributed by atoms with Gasteiger partial charge in [0.1, 0.15) is 11.5 Å². The van der Waals surface area contributed by atoms with Crippen LogP contribution in [0.5, 0.6) is 11.5 Å². The molecule has 0 radical (unpaired) electrons. The minimum Gasteiger partial charge on any atom is -0.450 e. The fourth-order valence-corrected chi connectivity index (χ4v) is 1.19. The van der Waals surface area contributed by atoms with Crippen LogP contribution in [0.2, 0.25) is 0 Å². The van der Waals surface area contributed by atoms with Crippen molar-refractivity contribution in [2.24, 2.45) is 0 Å². The van der Waals surface area contributed by atoms with Crippen LogP contribution in [0.4, 0.5) is 9.59 Å². The molecule has 20 heavy (non-hydrogen) atoms. The zero-order valence-corrected chi connectivity index (χ0v) is 10.3. The lowest BCUT2D eigenvalue weighted by molar-refractivity contribution is 0.136. The summed E-state index contributed by atoms with van der Waals surface area (Å²) in [6.07, 6.45) is -2.57. The third-order valence-corrected chi connectivity index (χ3v) is 1.89. The summed E-state index contributed by atoms with van der Waals surface area (Å²) in [4.78, 5) is 19.9. The molecule has 0 aliphatic rings. The van der Waals surface area contributed by atoms with E-state index >= 15 is 0 Å². The maximum atomic E-state index is 11.3. The SMILES string of the molecule is O=C(O)O.O=C(Oc1ccccc1)Oc1ccccc1. The molecule has 104 valence electrons. The Kier molecular flexibility index (Phi) is 6.13. The Morgan fingerprint density at radius 2 is 1.00 bits per heavy atom. The van der Waals surface area contributed by atoms with Crippen molar-refractivity contribution in [2.75, 3.05) is 0 Å². The normalized spacial score (nSPS) is 8.80. The molecule has 0 fully saturated rings. The van der Waals surface area contributed by atoms with Crippen LogP contribution in [0.25, 0.3) is 0 Å². The van der Waals surface area contributed by atoms with E-state index in [1.54, 1.807) is 48.5 Å². The van der Waals surface area contributed by atoms with E-state index in [4.69, 9.17) is 24.5 Å². The number of carbonyl (C=O) groups is 2. The molecule has 2 aromatic carbocycles. The first kappa shape index (κ1) is 15.0. The highest BCUT2D eigenvalue weighted by molar-refractivity contribution is 5.66. The molecule has 0 aromatic heterocycles. The standard InChI is InChI=1S/C13H10O3.CH2O3/c14-13(15-11-7-3-1-4-8-11)16-12-9-5-2-6-10-12;2-1(3)4/h1-10H;(H2,2,3,4). The van der Waals surface area contributed by atoms with Crippen molar-refractivity contribution >= 4 is 12.3 Å². The van der Waals surface area contributed by atoms with Crippen LogP contribution in [-0.4, -0.2) is 22.5 Å². The van der Waals surface area contributed by atoms with Gasteiger partial charge in [0.15, 0.2) is 0 Å². The average molecular weight is 276 g/mol. The second-order valence-corrected chi connectivity index (χ2v) is 3.36. The monoisotopic (exact) mass is 276 g/mol. The lowest BCUT2D eigenvalue weighted by atomic mass is 10.3. The van der Waals surface area contributed by atoms with Crippen LogP contribution in [0, 0.1) is 0 Å². The topological polar surface area (TPSA) is 93.1 Å². The molecule has 0 spiro atoms. The number of carbonyl (C=O) groups excluding carboxylic acids is 1. The lowest BCUT2D eigenvalue weighted by Gasteiger charge is -2.04. The summed E-state index contributed by atoms with van der Waals surface area (Å²) >= 11 is 0. The molecule has 0 unspecified atom stereocenters. The van der Waals surface area contributed by atoms with Gasteiger partial charge < -0.3 is 19.7 Å². The van der Waals surface area contributed by atoms with Crippen molar-refractivity contribution in [3.8, 4) is 11.5 Å². The molecule has 2 N–H and O–H groups in total. The molecule has 2 rings (SSSR count). The molecule has 2 aromatic rings. The quantitative estimate of drug-likeness (QED) is 0.644. The number of hydrogen-bond acceptors (Lipinski definition) is 4. The zero-order chi connectivity index (χ0) is 14.8. The fraction of sp³-hybridized carbons (Fsp3) is 0. The average Bonchev–Trinajstić information content (AvgIpc) is 2.40. The van der Waals surface area contributed by atoms with Crippen LogP contribution in [0.15, 0.2) is 60.7 Å². The molecule has 0 atom stereocenters. The van der Waals surface area contributed by atoms with Crippen LogP contribution in [0.1, 0.15) is 0 Å². The van der Waals surface area contributed by atoms with E-state index in [0.717, 1.165) is 0 Å². The number of carboxylic acid groups (broad SMARTS) is 2. The van der Waals surface area contributed by atoms with Crippen molar-refractivity contribution in [2.45, 2.75) is 0 Å². The van der Waals surface area contributed by atoms with Gasteiger partial charge >= 0.3 is 12.3 Å². The zero-order valence-electron chi connectivity index (χ0n) is 10.3. The van der Waals surface area contributed by atoms with Crippen molar-refractivity contribution in [1.82, 2.24) is 0 Å². The van der Waals surface area contributed by atoms with E-state index in [0.29, 0.717) is 11.5 Å². The third-order valence-electron chi connectivity index (χ3n) is 1.89. The summed E-state index contributed by atoms with van der Waals surface area (Å²) in [6.45, 7) is 0. The van der Waals surface area contributed by atoms with Crippen LogP contribution in [-0.2, 0) is 0 Å². The van der Waals surface area contributed by atoms with Crippen LogP contribution >= 0.6 is 0 Å². The molecule has 0 saturated carbocycles. The van der Waals surface area contributed by atoms with Gasteiger partial charge in [-0.2, -0.15) is 0 Å². The van der Waals surface area contributed by atoms with Gasteiger partial charge in [0.2, 0.25) is 0 Å². The Bertz CT molecular complexity index is 491. The highest BCUT2D eigenvalue weighted by atomic mass is 16.7. The number of ether oxygens (including phenoxy) is 2. The highest BCUT2D eigenvalue weighted by Gasteiger charge is 2.06. The second-order valence-electron chi connectivity index (χ2n) is 3.36. The molecule has 0 aliphatic heterocycles. The predicted molar refractivity (Wildman–Crippen MR) is 70.2 cm³/mol. The van der Waals surface area contributed by atoms with Crippen molar-refractivity contribution in [3.63, 3.8) is 0 Å². The molecule has 6 heteroatoms. The predicted octanol–water partition coefficient (Wildman–Crippen LogP) is 3.49. The molecule has 0 saturated heterocycles. The minimum absolute atomic E-state index is 0.462. The van der Waals surface area contributed by atoms with Crippen LogP contribution in [0.3, 0.4) is 0 Å². The van der Waals surface area contributed by atoms with Crippen LogP contribution < -0.4 is 9.47 Å². The van der Waals surface area contributed by atoms with Gasteiger partial charge in [-0.25, -0.2) is 9.59 Å². The summed E-state index contributed by atoms with van der Waals surface area (Å²) in [7, 11) is 0. The van der Waals surface area contributed by atoms with Gasteiger partial charge in [-0.05, 0) is 24.3 Å². The first-order chi connectivity index (χ1) is 9.58. The van der Waals surface area contributed by atoms with Crippen molar-refractivity contribution < 1.29 is 29.3 Å². The molecular weight excluding hydrogens is 264 g/mol. The van der Waals surface area contributed by atoms with E-state index in [1.807, 2.05) is 12.1 Å². The summed E-state index contributed by atoms with van der Waals surface area (Å²) in [5.74, 6) is 0.923. The second kappa shape index (κ2) is 8.15. The van der Waals surface area contributed by atoms with Gasteiger partial charge in [0.25, 0.3) is 0 Å². The van der Waals surface area contributed by atoms with E-state index in [-0.39, 0.29) is 0 Å². The Labute approximate surface area is 114 Å². The molecular formula is C14H12O6. The Morgan fingerprint density at radius 3 is 1.30 bits per heavy atom. The van der Waals surface area contributed by atoms with E-state index < -0.39 is 12.3 Å². The molecule has 0 bridgehead atoms. The summed E-state index contributed by atoms with van der Waals surface area (Å²) in [5.41, 5.74) is 0. The molecule has 0 heterocycles. The number of hydrogen-bond donors (Lipinski definition) is 2. The van der Waals surface area contributed by atoms with Crippen molar-refractivity contribution in [3.05, 3.63) is 60.7 Å². The third kappa shape index (κ3) is 6.65. The largest absolute Gasteiger partial charge is 0.519 e. The highest BCUT2D eigenvalue weighted by Crippen LogP contribution is 2.12. The minimum atomic E-state index is -1.83. The van der Waals surface area contributed by atoms with Gasteiger partial charge in [-0.3, -0.25) is 0 Å². The molecule has 0 amide bonds. The fourth-order valence-electron chi connectivity index (χ4n) is 1.19. The number of rotatable bonds is 2. The van der Waals surface area contributed by atoms with Gasteiger partial charge in [-0.1, -0.05) is 36.4 Å². The van der Waals surface area contributed by atoms with E-state index in [1.165, 1.54) is 0 Å². The maximum Gasteiger partial charge on any atom is 0.519 e. The smallest absolute Gasteiger partial charge is 0.450 e. The Hall–Kier alpha value is -3.02. The van der Waals surface area contributed by atoms with Crippen molar-refractivity contribution in [1.29, 1.82) is 0 Å². The first-order valence-corrected chi connectivity index (χ1v) is 5.49. The van der Waals surface area contributed by atoms with E-state index in [2.05, 4.69) is 0 Å². The molecule has 0 aliphatic carbocycles. The molecule has 6 nitrogen and oxygen atoms in total. The maximum absolute atomic E-state index is 11.3. The summed E-state index contributed by atoms with van der Waals surface area (Å²) < 4.78 is 9.91. The Morgan fingerprint density at radius 1 is 0.700 bits per heavy atom. The van der Waals surface area contributed by atoms with E-state index in [9.17, 15) is 4.79 Å². The van der Waals surface area contributed by atoms with Gasteiger partial charge in [0, 0.05) is 0 Å². The first-order valence-electron chi connectivity index (χ1n) is 5.49. The van der Waals surface area contributed by atoms with Gasteiger partial charge in [0.05, 0.1) is 0 Å².